The smallest absolute Gasteiger partial charge is 0.265 e. The predicted molar refractivity (Wildman–Crippen MR) is 106 cm³/mol. The molecule has 1 atom stereocenters. The summed E-state index contributed by atoms with van der Waals surface area (Å²) in [6.45, 7) is 1.70. The van der Waals surface area contributed by atoms with Crippen molar-refractivity contribution in [3.8, 4) is 5.75 Å². The first-order valence-electron chi connectivity index (χ1n) is 8.97. The summed E-state index contributed by atoms with van der Waals surface area (Å²) in [5, 5.41) is 8.03. The highest BCUT2D eigenvalue weighted by Crippen LogP contribution is 2.32. The minimum absolute atomic E-state index is 0.0699. The van der Waals surface area contributed by atoms with E-state index in [-0.39, 0.29) is 11.8 Å². The zero-order valence-corrected chi connectivity index (χ0v) is 15.0. The number of nitrogens with one attached hydrogen (secondary N) is 2. The van der Waals surface area contributed by atoms with Crippen LogP contribution in [0.2, 0.25) is 0 Å². The highest BCUT2D eigenvalue weighted by molar-refractivity contribution is 5.99. The van der Waals surface area contributed by atoms with E-state index in [9.17, 15) is 9.59 Å². The van der Waals surface area contributed by atoms with Crippen LogP contribution in [-0.4, -0.2) is 17.9 Å². The van der Waals surface area contributed by atoms with Crippen LogP contribution in [0, 0.1) is 0 Å². The van der Waals surface area contributed by atoms with E-state index in [1.54, 1.807) is 25.1 Å². The maximum Gasteiger partial charge on any atom is 0.265 e. The van der Waals surface area contributed by atoms with Gasteiger partial charge >= 0.3 is 0 Å². The molecule has 2 amide bonds. The van der Waals surface area contributed by atoms with E-state index in [1.807, 2.05) is 12.1 Å². The molecule has 1 unspecified atom stereocenters. The number of aryl methyl sites for hydroxylation is 1. The lowest BCUT2D eigenvalue weighted by Crippen LogP contribution is -2.34. The summed E-state index contributed by atoms with van der Waals surface area (Å²) < 4.78 is 5.52. The molecule has 4 rings (SSSR count). The van der Waals surface area contributed by atoms with Gasteiger partial charge in [0.15, 0.2) is 6.10 Å². The van der Waals surface area contributed by atoms with E-state index >= 15 is 0 Å². The Hall–Kier alpha value is -3.34. The number of benzene rings is 3. The number of carbonyl (C=O) groups excluding carboxylic acids is 2. The Morgan fingerprint density at radius 3 is 2.74 bits per heavy atom. The van der Waals surface area contributed by atoms with E-state index in [2.05, 4.69) is 41.0 Å². The van der Waals surface area contributed by atoms with E-state index in [0.29, 0.717) is 30.0 Å². The second-order valence-electron chi connectivity index (χ2n) is 6.69. The van der Waals surface area contributed by atoms with Gasteiger partial charge in [0.2, 0.25) is 5.91 Å². The highest BCUT2D eigenvalue weighted by atomic mass is 16.5. The Kier molecular flexibility index (Phi) is 4.50. The average molecular weight is 360 g/mol. The van der Waals surface area contributed by atoms with E-state index in [0.717, 1.165) is 5.56 Å². The SMILES string of the molecule is CC1Oc2ccc(NC(=O)CCc3ccc4ccccc4c3)cc2NC1=O. The maximum atomic E-state index is 12.3. The first-order valence-corrected chi connectivity index (χ1v) is 8.97. The van der Waals surface area contributed by atoms with Crippen molar-refractivity contribution in [1.29, 1.82) is 0 Å². The van der Waals surface area contributed by atoms with Crippen molar-refractivity contribution < 1.29 is 14.3 Å². The van der Waals surface area contributed by atoms with Crippen molar-refractivity contribution in [2.45, 2.75) is 25.9 Å². The van der Waals surface area contributed by atoms with Gasteiger partial charge in [-0.1, -0.05) is 42.5 Å². The summed E-state index contributed by atoms with van der Waals surface area (Å²) in [6.07, 6.45) is 0.536. The number of carbonyl (C=O) groups is 2. The lowest BCUT2D eigenvalue weighted by Gasteiger charge is -2.23. The topological polar surface area (TPSA) is 67.4 Å². The van der Waals surface area contributed by atoms with Gasteiger partial charge in [0, 0.05) is 12.1 Å². The second-order valence-corrected chi connectivity index (χ2v) is 6.69. The fourth-order valence-electron chi connectivity index (χ4n) is 3.16. The van der Waals surface area contributed by atoms with Gasteiger partial charge < -0.3 is 15.4 Å². The van der Waals surface area contributed by atoms with Gasteiger partial charge in [-0.05, 0) is 47.9 Å². The molecule has 5 heteroatoms. The number of hydrogen-bond donors (Lipinski definition) is 2. The fraction of sp³-hybridized carbons (Fsp3) is 0.182. The van der Waals surface area contributed by atoms with Crippen molar-refractivity contribution in [3.63, 3.8) is 0 Å². The summed E-state index contributed by atoms with van der Waals surface area (Å²) in [5.41, 5.74) is 2.34. The third-order valence-corrected chi connectivity index (χ3v) is 4.65. The molecule has 1 aliphatic heterocycles. The Balaban J connectivity index is 1.39. The van der Waals surface area contributed by atoms with Crippen molar-refractivity contribution in [3.05, 3.63) is 66.2 Å². The van der Waals surface area contributed by atoms with E-state index < -0.39 is 6.10 Å². The Labute approximate surface area is 157 Å². The molecule has 0 saturated heterocycles. The fourth-order valence-corrected chi connectivity index (χ4v) is 3.16. The number of anilines is 2. The van der Waals surface area contributed by atoms with Gasteiger partial charge in [-0.2, -0.15) is 0 Å². The minimum atomic E-state index is -0.514. The van der Waals surface area contributed by atoms with Crippen LogP contribution < -0.4 is 15.4 Å². The molecular formula is C22H20N2O3. The van der Waals surface area contributed by atoms with Gasteiger partial charge in [-0.25, -0.2) is 0 Å². The molecule has 3 aromatic rings. The van der Waals surface area contributed by atoms with Crippen LogP contribution in [0.4, 0.5) is 11.4 Å². The molecule has 136 valence electrons. The van der Waals surface area contributed by atoms with Gasteiger partial charge in [-0.3, -0.25) is 9.59 Å². The Morgan fingerprint density at radius 2 is 1.89 bits per heavy atom. The molecule has 0 saturated carbocycles. The molecular weight excluding hydrogens is 340 g/mol. The van der Waals surface area contributed by atoms with Crippen LogP contribution in [-0.2, 0) is 16.0 Å². The third kappa shape index (κ3) is 3.77. The number of hydrogen-bond acceptors (Lipinski definition) is 3. The predicted octanol–water partition coefficient (Wildman–Crippen LogP) is 4.13. The Morgan fingerprint density at radius 1 is 1.07 bits per heavy atom. The lowest BCUT2D eigenvalue weighted by molar-refractivity contribution is -0.122. The van der Waals surface area contributed by atoms with Crippen molar-refractivity contribution >= 4 is 34.0 Å². The molecule has 5 nitrogen and oxygen atoms in total. The highest BCUT2D eigenvalue weighted by Gasteiger charge is 2.23. The monoisotopic (exact) mass is 360 g/mol. The molecule has 0 aliphatic carbocycles. The summed E-state index contributed by atoms with van der Waals surface area (Å²) >= 11 is 0. The average Bonchev–Trinajstić information content (AvgIpc) is 2.67. The summed E-state index contributed by atoms with van der Waals surface area (Å²) in [5.74, 6) is 0.345. The van der Waals surface area contributed by atoms with Gasteiger partial charge in [-0.15, -0.1) is 0 Å². The summed E-state index contributed by atoms with van der Waals surface area (Å²) in [4.78, 5) is 24.0. The maximum absolute atomic E-state index is 12.3. The summed E-state index contributed by atoms with van der Waals surface area (Å²) in [6, 6.07) is 19.7. The van der Waals surface area contributed by atoms with Crippen LogP contribution in [0.1, 0.15) is 18.9 Å². The minimum Gasteiger partial charge on any atom is -0.479 e. The zero-order chi connectivity index (χ0) is 18.8. The van der Waals surface area contributed by atoms with Crippen LogP contribution in [0.25, 0.3) is 10.8 Å². The van der Waals surface area contributed by atoms with Gasteiger partial charge in [0.05, 0.1) is 5.69 Å². The molecule has 1 aliphatic rings. The van der Waals surface area contributed by atoms with E-state index in [1.165, 1.54) is 10.8 Å². The molecule has 0 aromatic heterocycles. The molecule has 0 fully saturated rings. The molecule has 27 heavy (non-hydrogen) atoms. The number of rotatable bonds is 4. The Bertz CT molecular complexity index is 1030. The number of amides is 2. The standard InChI is InChI=1S/C22H20N2O3/c1-14-22(26)24-19-13-18(9-10-20(19)27-14)23-21(25)11-7-15-6-8-16-4-2-3-5-17(16)12-15/h2-6,8-10,12-14H,7,11H2,1H3,(H,23,25)(H,24,26). The first kappa shape index (κ1) is 17.1. The van der Waals surface area contributed by atoms with Crippen LogP contribution in [0.5, 0.6) is 5.75 Å². The largest absolute Gasteiger partial charge is 0.479 e. The molecule has 0 radical (unpaired) electrons. The van der Waals surface area contributed by atoms with E-state index in [4.69, 9.17) is 4.74 Å². The molecule has 0 spiro atoms. The normalized spacial score (nSPS) is 15.6. The van der Waals surface area contributed by atoms with Crippen molar-refractivity contribution in [2.24, 2.45) is 0 Å². The third-order valence-electron chi connectivity index (χ3n) is 4.65. The van der Waals surface area contributed by atoms with Gasteiger partial charge in [0.25, 0.3) is 5.91 Å². The van der Waals surface area contributed by atoms with Crippen LogP contribution in [0.3, 0.4) is 0 Å². The summed E-state index contributed by atoms with van der Waals surface area (Å²) in [7, 11) is 0. The van der Waals surface area contributed by atoms with Crippen molar-refractivity contribution in [2.75, 3.05) is 10.6 Å². The quantitative estimate of drug-likeness (QED) is 0.735. The van der Waals surface area contributed by atoms with Crippen LogP contribution >= 0.6 is 0 Å². The first-order chi connectivity index (χ1) is 13.1. The molecule has 3 aromatic carbocycles. The lowest BCUT2D eigenvalue weighted by atomic mass is 10.0. The zero-order valence-electron chi connectivity index (χ0n) is 15.0. The number of ether oxygens (including phenoxy) is 1. The van der Waals surface area contributed by atoms with Crippen molar-refractivity contribution in [1.82, 2.24) is 0 Å². The van der Waals surface area contributed by atoms with Gasteiger partial charge in [0.1, 0.15) is 5.75 Å². The number of fused-ring (bicyclic) bond motifs is 2. The molecule has 2 N–H and O–H groups in total. The van der Waals surface area contributed by atoms with Crippen LogP contribution in [0.15, 0.2) is 60.7 Å². The molecule has 0 bridgehead atoms. The second kappa shape index (κ2) is 7.11. The molecule has 1 heterocycles.